The standard InChI is InChI=1S/C10H10FIN2O2/c1-6(2)5-13-9-3-7(11)8(12)4-10(9)14(15)16/h3-4,13H,1,5H2,2H3. The van der Waals surface area contributed by atoms with Gasteiger partial charge in [-0.15, -0.1) is 0 Å². The molecule has 86 valence electrons. The Hall–Kier alpha value is -1.18. The van der Waals surface area contributed by atoms with Gasteiger partial charge >= 0.3 is 0 Å². The number of nitro benzene ring substituents is 1. The summed E-state index contributed by atoms with van der Waals surface area (Å²) in [6, 6.07) is 2.33. The first-order valence-electron chi connectivity index (χ1n) is 4.43. The molecule has 0 atom stereocenters. The van der Waals surface area contributed by atoms with Crippen LogP contribution in [0, 0.1) is 19.5 Å². The molecule has 0 saturated carbocycles. The highest BCUT2D eigenvalue weighted by Gasteiger charge is 2.16. The van der Waals surface area contributed by atoms with Gasteiger partial charge in [-0.2, -0.15) is 0 Å². The van der Waals surface area contributed by atoms with E-state index in [2.05, 4.69) is 11.9 Å². The summed E-state index contributed by atoms with van der Waals surface area (Å²) in [4.78, 5) is 10.2. The van der Waals surface area contributed by atoms with Gasteiger partial charge in [0.2, 0.25) is 0 Å². The SMILES string of the molecule is C=C(C)CNc1cc(F)c(I)cc1[N+](=O)[O-]. The Bertz CT molecular complexity index is 449. The number of hydrogen-bond donors (Lipinski definition) is 1. The highest BCUT2D eigenvalue weighted by atomic mass is 127. The lowest BCUT2D eigenvalue weighted by atomic mass is 10.2. The van der Waals surface area contributed by atoms with Gasteiger partial charge in [0.25, 0.3) is 5.69 Å². The van der Waals surface area contributed by atoms with Crippen molar-refractivity contribution in [2.24, 2.45) is 0 Å². The number of rotatable bonds is 4. The molecule has 0 amide bonds. The molecule has 0 aliphatic carbocycles. The minimum absolute atomic E-state index is 0.132. The van der Waals surface area contributed by atoms with Gasteiger partial charge in [-0.25, -0.2) is 4.39 Å². The van der Waals surface area contributed by atoms with E-state index in [0.29, 0.717) is 6.54 Å². The Morgan fingerprint density at radius 3 is 2.81 bits per heavy atom. The molecule has 0 aromatic heterocycles. The van der Waals surface area contributed by atoms with Crippen molar-refractivity contribution < 1.29 is 9.31 Å². The number of anilines is 1. The van der Waals surface area contributed by atoms with E-state index in [4.69, 9.17) is 0 Å². The number of nitrogens with zero attached hydrogens (tertiary/aromatic N) is 1. The number of nitro groups is 1. The lowest BCUT2D eigenvalue weighted by Gasteiger charge is -2.07. The average molecular weight is 336 g/mol. The van der Waals surface area contributed by atoms with E-state index >= 15 is 0 Å². The zero-order valence-electron chi connectivity index (χ0n) is 8.59. The second-order valence-corrected chi connectivity index (χ2v) is 4.51. The van der Waals surface area contributed by atoms with Crippen molar-refractivity contribution in [2.45, 2.75) is 6.92 Å². The molecule has 1 N–H and O–H groups in total. The van der Waals surface area contributed by atoms with Crippen LogP contribution in [0.15, 0.2) is 24.3 Å². The molecule has 6 heteroatoms. The van der Waals surface area contributed by atoms with E-state index in [0.717, 1.165) is 11.6 Å². The van der Waals surface area contributed by atoms with E-state index in [-0.39, 0.29) is 14.9 Å². The van der Waals surface area contributed by atoms with Crippen LogP contribution < -0.4 is 5.32 Å². The Kier molecular flexibility index (Phi) is 4.22. The summed E-state index contributed by atoms with van der Waals surface area (Å²) in [5.74, 6) is -0.476. The summed E-state index contributed by atoms with van der Waals surface area (Å²) < 4.78 is 13.5. The molecule has 0 bridgehead atoms. The second kappa shape index (κ2) is 5.24. The molecule has 16 heavy (non-hydrogen) atoms. The number of nitrogens with one attached hydrogen (secondary N) is 1. The van der Waals surface area contributed by atoms with E-state index in [1.165, 1.54) is 6.07 Å². The molecule has 0 radical (unpaired) electrons. The maximum atomic E-state index is 13.3. The van der Waals surface area contributed by atoms with Gasteiger partial charge in [-0.1, -0.05) is 12.2 Å². The van der Waals surface area contributed by atoms with Crippen molar-refractivity contribution in [1.29, 1.82) is 0 Å². The third-order valence-electron chi connectivity index (χ3n) is 1.82. The van der Waals surface area contributed by atoms with Crippen LogP contribution in [-0.4, -0.2) is 11.5 Å². The zero-order valence-corrected chi connectivity index (χ0v) is 10.7. The third kappa shape index (κ3) is 3.16. The van der Waals surface area contributed by atoms with E-state index in [9.17, 15) is 14.5 Å². The van der Waals surface area contributed by atoms with Crippen LogP contribution in [0.2, 0.25) is 0 Å². The third-order valence-corrected chi connectivity index (χ3v) is 2.64. The van der Waals surface area contributed by atoms with Crippen molar-refractivity contribution in [1.82, 2.24) is 0 Å². The number of benzene rings is 1. The van der Waals surface area contributed by atoms with E-state index < -0.39 is 10.7 Å². The molecule has 4 nitrogen and oxygen atoms in total. The largest absolute Gasteiger partial charge is 0.376 e. The van der Waals surface area contributed by atoms with Crippen molar-refractivity contribution in [2.75, 3.05) is 11.9 Å². The van der Waals surface area contributed by atoms with Gasteiger partial charge in [-0.3, -0.25) is 10.1 Å². The molecule has 0 fully saturated rings. The first-order valence-corrected chi connectivity index (χ1v) is 5.51. The summed E-state index contributed by atoms with van der Waals surface area (Å²) in [7, 11) is 0. The van der Waals surface area contributed by atoms with Crippen LogP contribution in [0.4, 0.5) is 15.8 Å². The minimum atomic E-state index is -0.539. The summed E-state index contributed by atoms with van der Waals surface area (Å²) in [6.07, 6.45) is 0. The minimum Gasteiger partial charge on any atom is -0.376 e. The summed E-state index contributed by atoms with van der Waals surface area (Å²) in [6.45, 7) is 5.81. The maximum absolute atomic E-state index is 13.3. The molecule has 0 aliphatic heterocycles. The van der Waals surface area contributed by atoms with Gasteiger partial charge in [-0.05, 0) is 29.5 Å². The molecule has 1 aromatic carbocycles. The highest BCUT2D eigenvalue weighted by molar-refractivity contribution is 14.1. The number of hydrogen-bond acceptors (Lipinski definition) is 3. The Balaban J connectivity index is 3.09. The molecule has 0 spiro atoms. The Labute approximate surface area is 106 Å². The highest BCUT2D eigenvalue weighted by Crippen LogP contribution is 2.28. The molecule has 0 saturated heterocycles. The van der Waals surface area contributed by atoms with Crippen LogP contribution in [0.5, 0.6) is 0 Å². The number of halogens is 2. The predicted octanol–water partition coefficient (Wildman–Crippen LogP) is 3.33. The van der Waals surface area contributed by atoms with Crippen LogP contribution in [0.3, 0.4) is 0 Å². The normalized spacial score (nSPS) is 9.94. The molecular formula is C10H10FIN2O2. The van der Waals surface area contributed by atoms with Gasteiger partial charge in [0, 0.05) is 18.7 Å². The fourth-order valence-electron chi connectivity index (χ4n) is 1.08. The predicted molar refractivity (Wildman–Crippen MR) is 69.1 cm³/mol. The first-order chi connectivity index (χ1) is 7.41. The summed E-state index contributed by atoms with van der Waals surface area (Å²) >= 11 is 1.72. The van der Waals surface area contributed by atoms with Crippen molar-refractivity contribution >= 4 is 34.0 Å². The fourth-order valence-corrected chi connectivity index (χ4v) is 1.53. The Morgan fingerprint density at radius 2 is 2.31 bits per heavy atom. The lowest BCUT2D eigenvalue weighted by Crippen LogP contribution is -2.05. The molecule has 0 unspecified atom stereocenters. The van der Waals surface area contributed by atoms with Gasteiger partial charge in [0.15, 0.2) is 0 Å². The average Bonchev–Trinajstić information content (AvgIpc) is 2.18. The van der Waals surface area contributed by atoms with Crippen molar-refractivity contribution in [3.63, 3.8) is 0 Å². The Morgan fingerprint density at radius 1 is 1.69 bits per heavy atom. The quantitative estimate of drug-likeness (QED) is 0.397. The van der Waals surface area contributed by atoms with Gasteiger partial charge in [0.1, 0.15) is 11.5 Å². The smallest absolute Gasteiger partial charge is 0.293 e. The van der Waals surface area contributed by atoms with Crippen molar-refractivity contribution in [3.8, 4) is 0 Å². The van der Waals surface area contributed by atoms with Crippen molar-refractivity contribution in [3.05, 3.63) is 43.8 Å². The van der Waals surface area contributed by atoms with Gasteiger partial charge in [0.05, 0.1) is 8.49 Å². The van der Waals surface area contributed by atoms with Crippen LogP contribution >= 0.6 is 22.6 Å². The lowest BCUT2D eigenvalue weighted by molar-refractivity contribution is -0.384. The second-order valence-electron chi connectivity index (χ2n) is 3.35. The molecular weight excluding hydrogens is 326 g/mol. The fraction of sp³-hybridized carbons (Fsp3) is 0.200. The maximum Gasteiger partial charge on any atom is 0.293 e. The van der Waals surface area contributed by atoms with Crippen LogP contribution in [0.1, 0.15) is 6.92 Å². The van der Waals surface area contributed by atoms with Crippen LogP contribution in [0.25, 0.3) is 0 Å². The van der Waals surface area contributed by atoms with E-state index in [1.54, 1.807) is 29.5 Å². The topological polar surface area (TPSA) is 55.2 Å². The zero-order chi connectivity index (χ0) is 12.3. The first kappa shape index (κ1) is 12.9. The van der Waals surface area contributed by atoms with Gasteiger partial charge < -0.3 is 5.32 Å². The monoisotopic (exact) mass is 336 g/mol. The van der Waals surface area contributed by atoms with E-state index in [1.807, 2.05) is 0 Å². The summed E-state index contributed by atoms with van der Waals surface area (Å²) in [5.41, 5.74) is 0.853. The summed E-state index contributed by atoms with van der Waals surface area (Å²) in [5, 5.41) is 13.5. The molecule has 0 aliphatic rings. The molecule has 1 aromatic rings. The molecule has 0 heterocycles. The molecule has 1 rings (SSSR count). The van der Waals surface area contributed by atoms with Crippen LogP contribution in [-0.2, 0) is 0 Å².